The quantitative estimate of drug-likeness (QED) is 0.159. The average molecular weight is 816 g/mol. The first kappa shape index (κ1) is 36.3. The molecule has 1 aliphatic carbocycles. The highest BCUT2D eigenvalue weighted by Gasteiger charge is 2.51. The Kier molecular flexibility index (Phi) is 8.13. The molecule has 0 bridgehead atoms. The fourth-order valence-corrected chi connectivity index (χ4v) is 10.9. The molecule has 0 fully saturated rings. The van der Waals surface area contributed by atoms with E-state index in [0.29, 0.717) is 0 Å². The van der Waals surface area contributed by atoms with Crippen molar-refractivity contribution in [3.8, 4) is 27.9 Å². The monoisotopic (exact) mass is 815 g/mol. The van der Waals surface area contributed by atoms with Crippen LogP contribution in [0.1, 0.15) is 22.3 Å². The molecule has 64 heavy (non-hydrogen) atoms. The molecule has 0 N–H and O–H groups in total. The van der Waals surface area contributed by atoms with Crippen LogP contribution in [-0.4, -0.2) is 4.57 Å². The molecule has 1 atom stereocenters. The van der Waals surface area contributed by atoms with Gasteiger partial charge in [-0.25, -0.2) is 0 Å². The van der Waals surface area contributed by atoms with Crippen LogP contribution in [0.3, 0.4) is 0 Å². The van der Waals surface area contributed by atoms with Crippen LogP contribution in [0.5, 0.6) is 0 Å². The summed E-state index contributed by atoms with van der Waals surface area (Å²) < 4.78 is 2.51. The van der Waals surface area contributed by atoms with Crippen LogP contribution < -0.4 is 9.80 Å². The summed E-state index contributed by atoms with van der Waals surface area (Å²) in [5.74, 6) is 0. The van der Waals surface area contributed by atoms with Gasteiger partial charge in [0.1, 0.15) is 0 Å². The molecule has 2 aliphatic rings. The highest BCUT2D eigenvalue weighted by atomic mass is 15.1. The predicted octanol–water partition coefficient (Wildman–Crippen LogP) is 16.1. The van der Waals surface area contributed by atoms with Crippen molar-refractivity contribution in [2.75, 3.05) is 9.80 Å². The van der Waals surface area contributed by atoms with E-state index in [9.17, 15) is 0 Å². The van der Waals surface area contributed by atoms with Crippen molar-refractivity contribution in [2.45, 2.75) is 5.41 Å². The van der Waals surface area contributed by atoms with Crippen LogP contribution in [-0.2, 0) is 5.41 Å². The number of anilines is 6. The van der Waals surface area contributed by atoms with Crippen LogP contribution in [0, 0.1) is 0 Å². The number of hydrogen-bond donors (Lipinski definition) is 0. The van der Waals surface area contributed by atoms with E-state index in [4.69, 9.17) is 0 Å². The molecule has 0 saturated heterocycles. The first-order chi connectivity index (χ1) is 31.8. The summed E-state index contributed by atoms with van der Waals surface area (Å²) >= 11 is 0. The number of aromatic nitrogens is 1. The minimum atomic E-state index is -0.530. The molecule has 10 aromatic carbocycles. The normalized spacial score (nSPS) is 14.3. The first-order valence-corrected chi connectivity index (χ1v) is 22.1. The van der Waals surface area contributed by atoms with Gasteiger partial charge in [0.25, 0.3) is 0 Å². The molecule has 11 aromatic rings. The summed E-state index contributed by atoms with van der Waals surface area (Å²) in [6.07, 6.45) is 0. The van der Waals surface area contributed by atoms with Gasteiger partial charge in [0.15, 0.2) is 0 Å². The van der Waals surface area contributed by atoms with E-state index in [1.165, 1.54) is 72.0 Å². The van der Waals surface area contributed by atoms with Crippen molar-refractivity contribution in [3.63, 3.8) is 0 Å². The molecule has 1 aliphatic heterocycles. The molecule has 0 radical (unpaired) electrons. The van der Waals surface area contributed by atoms with E-state index >= 15 is 0 Å². The zero-order valence-corrected chi connectivity index (χ0v) is 35.0. The molecule has 3 heteroatoms. The van der Waals surface area contributed by atoms with E-state index in [2.05, 4.69) is 263 Å². The molecule has 2 heterocycles. The largest absolute Gasteiger partial charge is 0.311 e. The molecule has 1 aromatic heterocycles. The Bertz CT molecular complexity index is 3500. The molecule has 300 valence electrons. The molecule has 0 amide bonds. The minimum absolute atomic E-state index is 0.530. The van der Waals surface area contributed by atoms with Crippen molar-refractivity contribution >= 4 is 55.9 Å². The lowest BCUT2D eigenvalue weighted by Gasteiger charge is -2.40. The Hall–Kier alpha value is -8.40. The average Bonchev–Trinajstić information content (AvgIpc) is 3.86. The lowest BCUT2D eigenvalue weighted by molar-refractivity contribution is 0.748. The topological polar surface area (TPSA) is 11.4 Å². The van der Waals surface area contributed by atoms with Gasteiger partial charge in [-0.1, -0.05) is 164 Å². The zero-order valence-electron chi connectivity index (χ0n) is 35.0. The van der Waals surface area contributed by atoms with E-state index in [1.807, 2.05) is 0 Å². The van der Waals surface area contributed by atoms with Gasteiger partial charge in [0, 0.05) is 44.9 Å². The van der Waals surface area contributed by atoms with Crippen molar-refractivity contribution in [2.24, 2.45) is 0 Å². The summed E-state index contributed by atoms with van der Waals surface area (Å²) in [5, 5.41) is 2.57. The van der Waals surface area contributed by atoms with Crippen molar-refractivity contribution in [1.82, 2.24) is 4.57 Å². The fraction of sp³-hybridized carbons (Fsp3) is 0.0164. The summed E-state index contributed by atoms with van der Waals surface area (Å²) in [6.45, 7) is 0. The lowest BCUT2D eigenvalue weighted by atomic mass is 9.65. The number of nitrogens with zero attached hydrogens (tertiary/aromatic N) is 3. The third-order valence-electron chi connectivity index (χ3n) is 13.6. The SMILES string of the molecule is c1ccc(N(c2ccccc2)c2ccc(-c3ccc(N(c4ccccc4)c4ccc5c(c4)C4(c6ccccc6-5)c5ccccc5-n5c6ccccc6c6cccc4c65)cc3)cc2)cc1. The third-order valence-corrected chi connectivity index (χ3v) is 13.6. The van der Waals surface area contributed by atoms with Crippen LogP contribution in [0.4, 0.5) is 34.1 Å². The van der Waals surface area contributed by atoms with Crippen molar-refractivity contribution in [1.29, 1.82) is 0 Å². The Morgan fingerprint density at radius 2 is 0.750 bits per heavy atom. The highest BCUT2D eigenvalue weighted by molar-refractivity contribution is 6.13. The van der Waals surface area contributed by atoms with E-state index < -0.39 is 5.41 Å². The number of hydrogen-bond acceptors (Lipinski definition) is 2. The highest BCUT2D eigenvalue weighted by Crippen LogP contribution is 2.61. The zero-order chi connectivity index (χ0) is 42.2. The maximum atomic E-state index is 2.51. The number of benzene rings is 10. The van der Waals surface area contributed by atoms with E-state index in [1.54, 1.807) is 0 Å². The second-order valence-electron chi connectivity index (χ2n) is 16.9. The standard InChI is InChI=1S/C61H41N3/c1-4-17-44(18-5-1)62(45-19-6-2-7-20-45)47-35-31-42(32-36-47)43-33-37-48(38-34-43)63(46-21-8-3-9-22-46)49-39-40-51-50-23-10-12-26-54(50)61(57(51)41-49)55-27-13-15-30-59(55)64-58-29-14-11-24-52(58)53-25-16-28-56(61)60(53)64/h1-41H. The second kappa shape index (κ2) is 14.3. The molecule has 1 spiro atoms. The van der Waals surface area contributed by atoms with Crippen molar-refractivity contribution < 1.29 is 0 Å². The molecule has 13 rings (SSSR count). The van der Waals surface area contributed by atoms with Crippen LogP contribution in [0.15, 0.2) is 249 Å². The van der Waals surface area contributed by atoms with Gasteiger partial charge in [0.2, 0.25) is 0 Å². The Balaban J connectivity index is 0.949. The summed E-state index contributed by atoms with van der Waals surface area (Å²) in [4.78, 5) is 4.71. The third kappa shape index (κ3) is 5.28. The summed E-state index contributed by atoms with van der Waals surface area (Å²) in [7, 11) is 0. The van der Waals surface area contributed by atoms with Gasteiger partial charge in [-0.15, -0.1) is 0 Å². The van der Waals surface area contributed by atoms with Gasteiger partial charge in [-0.05, 0) is 129 Å². The first-order valence-electron chi connectivity index (χ1n) is 22.1. The van der Waals surface area contributed by atoms with Gasteiger partial charge < -0.3 is 14.4 Å². The maximum Gasteiger partial charge on any atom is 0.0755 e. The van der Waals surface area contributed by atoms with E-state index in [0.717, 1.165) is 34.1 Å². The summed E-state index contributed by atoms with van der Waals surface area (Å²) in [6, 6.07) is 91.0. The minimum Gasteiger partial charge on any atom is -0.311 e. The molecule has 3 nitrogen and oxygen atoms in total. The number of para-hydroxylation sites is 6. The van der Waals surface area contributed by atoms with E-state index in [-0.39, 0.29) is 0 Å². The summed E-state index contributed by atoms with van der Waals surface area (Å²) in [5.41, 5.74) is 20.1. The van der Waals surface area contributed by atoms with Crippen LogP contribution in [0.25, 0.3) is 49.7 Å². The lowest BCUT2D eigenvalue weighted by Crippen LogP contribution is -2.33. The van der Waals surface area contributed by atoms with Gasteiger partial charge in [0.05, 0.1) is 22.1 Å². The predicted molar refractivity (Wildman–Crippen MR) is 266 cm³/mol. The van der Waals surface area contributed by atoms with Crippen LogP contribution >= 0.6 is 0 Å². The second-order valence-corrected chi connectivity index (χ2v) is 16.9. The van der Waals surface area contributed by atoms with Crippen LogP contribution in [0.2, 0.25) is 0 Å². The number of rotatable bonds is 7. The number of fused-ring (bicyclic) bond motifs is 12. The fourth-order valence-electron chi connectivity index (χ4n) is 10.9. The molecular weight excluding hydrogens is 775 g/mol. The smallest absolute Gasteiger partial charge is 0.0755 e. The molecule has 1 unspecified atom stereocenters. The maximum absolute atomic E-state index is 2.51. The van der Waals surface area contributed by atoms with Gasteiger partial charge in [-0.3, -0.25) is 0 Å². The Morgan fingerprint density at radius 3 is 1.39 bits per heavy atom. The van der Waals surface area contributed by atoms with Gasteiger partial charge in [-0.2, -0.15) is 0 Å². The molecule has 0 saturated carbocycles. The van der Waals surface area contributed by atoms with Crippen molar-refractivity contribution in [3.05, 3.63) is 271 Å². The molecular formula is C61H41N3. The Labute approximate surface area is 373 Å². The van der Waals surface area contributed by atoms with Gasteiger partial charge >= 0.3 is 0 Å². The Morgan fingerprint density at radius 1 is 0.297 bits per heavy atom.